The van der Waals surface area contributed by atoms with Gasteiger partial charge in [0.15, 0.2) is 11.5 Å². The first kappa shape index (κ1) is 14.4. The summed E-state index contributed by atoms with van der Waals surface area (Å²) in [5.41, 5.74) is 0.460. The largest absolute Gasteiger partial charge is 0.486 e. The molecule has 2 N–H and O–H groups in total. The molecule has 0 atom stereocenters. The molecule has 1 heterocycles. The molecule has 2 rings (SSSR count). The fourth-order valence-corrected chi connectivity index (χ4v) is 1.96. The zero-order valence-electron chi connectivity index (χ0n) is 11.5. The first-order valence-electron chi connectivity index (χ1n) is 6.75. The molecular weight excluding hydrogens is 262 g/mol. The van der Waals surface area contributed by atoms with Gasteiger partial charge in [-0.3, -0.25) is 10.1 Å². The molecule has 1 aromatic rings. The molecule has 1 aliphatic heterocycles. The fourth-order valence-electron chi connectivity index (χ4n) is 1.96. The topological polar surface area (TPSA) is 85.7 Å². The van der Waals surface area contributed by atoms with E-state index in [1.54, 1.807) is 6.07 Å². The molecule has 0 unspecified atom stereocenters. The van der Waals surface area contributed by atoms with Crippen molar-refractivity contribution in [1.82, 2.24) is 5.32 Å². The predicted octanol–water partition coefficient (Wildman–Crippen LogP) is 1.78. The van der Waals surface area contributed by atoms with E-state index in [2.05, 4.69) is 17.6 Å². The Morgan fingerprint density at radius 3 is 2.55 bits per heavy atom. The van der Waals surface area contributed by atoms with Gasteiger partial charge in [-0.2, -0.15) is 0 Å². The van der Waals surface area contributed by atoms with Gasteiger partial charge < -0.3 is 20.1 Å². The van der Waals surface area contributed by atoms with Crippen LogP contribution >= 0.6 is 0 Å². The predicted molar refractivity (Wildman–Crippen MR) is 75.7 cm³/mol. The van der Waals surface area contributed by atoms with E-state index in [1.807, 2.05) is 0 Å². The number of nitrogens with one attached hydrogen (secondary N) is 2. The third-order valence-electron chi connectivity index (χ3n) is 2.90. The van der Waals surface area contributed by atoms with Crippen molar-refractivity contribution in [2.75, 3.05) is 38.2 Å². The van der Waals surface area contributed by atoms with Gasteiger partial charge in [-0.1, -0.05) is 6.92 Å². The maximum Gasteiger partial charge on any atom is 0.296 e. The summed E-state index contributed by atoms with van der Waals surface area (Å²) in [6.45, 7) is 5.26. The lowest BCUT2D eigenvalue weighted by Crippen LogP contribution is -2.23. The van der Waals surface area contributed by atoms with Crippen molar-refractivity contribution in [3.05, 3.63) is 22.2 Å². The summed E-state index contributed by atoms with van der Waals surface area (Å²) in [7, 11) is 0. The van der Waals surface area contributed by atoms with Gasteiger partial charge >= 0.3 is 0 Å². The lowest BCUT2D eigenvalue weighted by atomic mass is 10.2. The van der Waals surface area contributed by atoms with E-state index in [-0.39, 0.29) is 5.69 Å². The van der Waals surface area contributed by atoms with Gasteiger partial charge in [0, 0.05) is 19.2 Å². The van der Waals surface area contributed by atoms with Crippen LogP contribution in [0.1, 0.15) is 13.3 Å². The summed E-state index contributed by atoms with van der Waals surface area (Å²) in [5, 5.41) is 17.4. The van der Waals surface area contributed by atoms with Gasteiger partial charge in [-0.15, -0.1) is 0 Å². The van der Waals surface area contributed by atoms with Gasteiger partial charge in [0.1, 0.15) is 18.9 Å². The lowest BCUT2D eigenvalue weighted by Gasteiger charge is -2.19. The molecule has 0 amide bonds. The van der Waals surface area contributed by atoms with Crippen molar-refractivity contribution in [3.8, 4) is 11.5 Å². The molecule has 1 aliphatic rings. The Balaban J connectivity index is 2.07. The summed E-state index contributed by atoms with van der Waals surface area (Å²) in [5.74, 6) is 0.975. The van der Waals surface area contributed by atoms with E-state index in [0.29, 0.717) is 36.9 Å². The first-order chi connectivity index (χ1) is 9.72. The number of nitro benzene ring substituents is 1. The van der Waals surface area contributed by atoms with E-state index < -0.39 is 4.92 Å². The molecule has 0 fully saturated rings. The van der Waals surface area contributed by atoms with Crippen LogP contribution in [-0.2, 0) is 0 Å². The zero-order chi connectivity index (χ0) is 14.4. The van der Waals surface area contributed by atoms with Gasteiger partial charge in [0.25, 0.3) is 5.69 Å². The normalized spacial score (nSPS) is 13.1. The standard InChI is InChI=1S/C13H19N3O4/c1-2-3-14-4-5-15-10-8-12-13(20-7-6-19-12)9-11(10)16(17)18/h8-9,14-15H,2-7H2,1H3. The van der Waals surface area contributed by atoms with Crippen LogP contribution in [-0.4, -0.2) is 37.8 Å². The van der Waals surface area contributed by atoms with Crippen LogP contribution in [0.2, 0.25) is 0 Å². The van der Waals surface area contributed by atoms with Crippen molar-refractivity contribution in [2.45, 2.75) is 13.3 Å². The molecule has 0 bridgehead atoms. The summed E-state index contributed by atoms with van der Waals surface area (Å²) in [4.78, 5) is 10.7. The molecule has 0 spiro atoms. The van der Waals surface area contributed by atoms with E-state index in [0.717, 1.165) is 19.5 Å². The van der Waals surface area contributed by atoms with Gasteiger partial charge in [0.2, 0.25) is 0 Å². The van der Waals surface area contributed by atoms with Crippen molar-refractivity contribution >= 4 is 11.4 Å². The maximum absolute atomic E-state index is 11.1. The van der Waals surface area contributed by atoms with Crippen LogP contribution < -0.4 is 20.1 Å². The molecule has 0 saturated heterocycles. The van der Waals surface area contributed by atoms with E-state index >= 15 is 0 Å². The SMILES string of the molecule is CCCNCCNc1cc2c(cc1[N+](=O)[O-])OCCO2. The highest BCUT2D eigenvalue weighted by Gasteiger charge is 2.21. The van der Waals surface area contributed by atoms with Gasteiger partial charge in [-0.25, -0.2) is 0 Å². The molecular formula is C13H19N3O4. The molecule has 7 nitrogen and oxygen atoms in total. The second kappa shape index (κ2) is 6.95. The third kappa shape index (κ3) is 3.51. The molecule has 0 aromatic heterocycles. The number of benzene rings is 1. The van der Waals surface area contributed by atoms with E-state index in [4.69, 9.17) is 9.47 Å². The zero-order valence-corrected chi connectivity index (χ0v) is 11.5. The van der Waals surface area contributed by atoms with Crippen LogP contribution in [0, 0.1) is 10.1 Å². The highest BCUT2D eigenvalue weighted by molar-refractivity contribution is 5.68. The molecule has 0 saturated carbocycles. The lowest BCUT2D eigenvalue weighted by molar-refractivity contribution is -0.384. The molecule has 110 valence electrons. The minimum Gasteiger partial charge on any atom is -0.486 e. The van der Waals surface area contributed by atoms with Crippen LogP contribution in [0.3, 0.4) is 0 Å². The Labute approximate surface area is 117 Å². The Morgan fingerprint density at radius 1 is 1.20 bits per heavy atom. The second-order valence-electron chi connectivity index (χ2n) is 4.45. The number of nitrogens with zero attached hydrogens (tertiary/aromatic N) is 1. The summed E-state index contributed by atoms with van der Waals surface area (Å²) < 4.78 is 10.8. The van der Waals surface area contributed by atoms with E-state index in [9.17, 15) is 10.1 Å². The van der Waals surface area contributed by atoms with Crippen molar-refractivity contribution in [1.29, 1.82) is 0 Å². The van der Waals surface area contributed by atoms with Crippen molar-refractivity contribution < 1.29 is 14.4 Å². The van der Waals surface area contributed by atoms with Crippen LogP contribution in [0.25, 0.3) is 0 Å². The molecule has 1 aromatic carbocycles. The smallest absolute Gasteiger partial charge is 0.296 e. The average molecular weight is 281 g/mol. The first-order valence-corrected chi connectivity index (χ1v) is 6.75. The number of hydrogen-bond donors (Lipinski definition) is 2. The third-order valence-corrected chi connectivity index (χ3v) is 2.90. The van der Waals surface area contributed by atoms with E-state index in [1.165, 1.54) is 6.07 Å². The number of fused-ring (bicyclic) bond motifs is 1. The monoisotopic (exact) mass is 281 g/mol. The molecule has 0 aliphatic carbocycles. The van der Waals surface area contributed by atoms with Crippen LogP contribution in [0.5, 0.6) is 11.5 Å². The van der Waals surface area contributed by atoms with Crippen molar-refractivity contribution in [3.63, 3.8) is 0 Å². The number of anilines is 1. The fraction of sp³-hybridized carbons (Fsp3) is 0.538. The molecule has 20 heavy (non-hydrogen) atoms. The maximum atomic E-state index is 11.1. The van der Waals surface area contributed by atoms with Crippen LogP contribution in [0.4, 0.5) is 11.4 Å². The Morgan fingerprint density at radius 2 is 1.90 bits per heavy atom. The second-order valence-corrected chi connectivity index (χ2v) is 4.45. The molecule has 0 radical (unpaired) electrons. The highest BCUT2D eigenvalue weighted by Crippen LogP contribution is 2.39. The molecule has 7 heteroatoms. The van der Waals surface area contributed by atoms with Crippen LogP contribution in [0.15, 0.2) is 12.1 Å². The van der Waals surface area contributed by atoms with Gasteiger partial charge in [0.05, 0.1) is 11.0 Å². The Hall–Kier alpha value is -2.02. The Bertz CT molecular complexity index is 479. The summed E-state index contributed by atoms with van der Waals surface area (Å²) in [6, 6.07) is 3.04. The average Bonchev–Trinajstić information content (AvgIpc) is 2.46. The number of nitro groups is 1. The highest BCUT2D eigenvalue weighted by atomic mass is 16.6. The summed E-state index contributed by atoms with van der Waals surface area (Å²) >= 11 is 0. The quantitative estimate of drug-likeness (QED) is 0.450. The number of rotatable bonds is 7. The van der Waals surface area contributed by atoms with Crippen molar-refractivity contribution in [2.24, 2.45) is 0 Å². The van der Waals surface area contributed by atoms with Gasteiger partial charge in [-0.05, 0) is 13.0 Å². The number of ether oxygens (including phenoxy) is 2. The Kier molecular flexibility index (Phi) is 5.00. The summed E-state index contributed by atoms with van der Waals surface area (Å²) in [6.07, 6.45) is 1.06. The minimum atomic E-state index is -0.417. The minimum absolute atomic E-state index is 0.00439. The number of hydrogen-bond acceptors (Lipinski definition) is 6.